The Bertz CT molecular complexity index is 1020. The molecule has 0 spiro atoms. The summed E-state index contributed by atoms with van der Waals surface area (Å²) in [7, 11) is 0. The van der Waals surface area contributed by atoms with Crippen LogP contribution >= 0.6 is 11.6 Å². The van der Waals surface area contributed by atoms with Crippen LogP contribution in [0.25, 0.3) is 11.3 Å². The zero-order chi connectivity index (χ0) is 21.1. The summed E-state index contributed by atoms with van der Waals surface area (Å²) in [6.45, 7) is 0. The lowest BCUT2D eigenvalue weighted by Gasteiger charge is -2.16. The Labute approximate surface area is 177 Å². The second-order valence-electron chi connectivity index (χ2n) is 7.27. The van der Waals surface area contributed by atoms with Gasteiger partial charge in [0.15, 0.2) is 0 Å². The molecular weight excluding hydrogens is 413 g/mol. The summed E-state index contributed by atoms with van der Waals surface area (Å²) in [5.41, 5.74) is 1.16. The van der Waals surface area contributed by atoms with Crippen molar-refractivity contribution < 1.29 is 13.2 Å². The highest BCUT2D eigenvalue weighted by atomic mass is 35.5. The molecule has 1 heterocycles. The molecule has 4 nitrogen and oxygen atoms in total. The molecule has 2 N–H and O–H groups in total. The number of rotatable bonds is 5. The van der Waals surface area contributed by atoms with Crippen LogP contribution in [0.2, 0.25) is 5.02 Å². The average molecular weight is 433 g/mol. The van der Waals surface area contributed by atoms with Gasteiger partial charge in [-0.1, -0.05) is 54.8 Å². The largest absolute Gasteiger partial charge is 0.416 e. The van der Waals surface area contributed by atoms with E-state index in [1.165, 1.54) is 18.9 Å². The molecule has 30 heavy (non-hydrogen) atoms. The van der Waals surface area contributed by atoms with Crippen molar-refractivity contribution in [3.8, 4) is 11.3 Å². The van der Waals surface area contributed by atoms with Gasteiger partial charge in [-0.3, -0.25) is 0 Å². The maximum absolute atomic E-state index is 12.9. The standard InChI is InChI=1S/C22H20ClF3N4/c23-17-12-15(22(24,25)26)10-11-18(17)28-20-13-19(14-6-2-1-3-7-14)29-21(30-20)27-16-8-4-5-9-16/h1-3,6-7,10-13,16H,4-5,8-9H2,(H2,27,28,29,30). The highest BCUT2D eigenvalue weighted by molar-refractivity contribution is 6.33. The lowest BCUT2D eigenvalue weighted by molar-refractivity contribution is -0.137. The predicted octanol–water partition coefficient (Wildman–Crippen LogP) is 6.91. The first kappa shape index (κ1) is 20.5. The van der Waals surface area contributed by atoms with Crippen molar-refractivity contribution in [2.24, 2.45) is 0 Å². The van der Waals surface area contributed by atoms with Gasteiger partial charge in [-0.2, -0.15) is 18.2 Å². The number of halogens is 4. The molecule has 1 aliphatic rings. The van der Waals surface area contributed by atoms with Crippen molar-refractivity contribution in [2.75, 3.05) is 10.6 Å². The smallest absolute Gasteiger partial charge is 0.351 e. The number of hydrogen-bond acceptors (Lipinski definition) is 4. The third kappa shape index (κ3) is 4.84. The number of alkyl halides is 3. The fourth-order valence-corrected chi connectivity index (χ4v) is 3.74. The minimum absolute atomic E-state index is 0.0324. The molecule has 0 unspecified atom stereocenters. The predicted molar refractivity (Wildman–Crippen MR) is 113 cm³/mol. The quantitative estimate of drug-likeness (QED) is 0.459. The summed E-state index contributed by atoms with van der Waals surface area (Å²) < 4.78 is 38.7. The third-order valence-electron chi connectivity index (χ3n) is 5.04. The minimum Gasteiger partial charge on any atom is -0.351 e. The van der Waals surface area contributed by atoms with E-state index >= 15 is 0 Å². The van der Waals surface area contributed by atoms with Gasteiger partial charge in [0.25, 0.3) is 0 Å². The van der Waals surface area contributed by atoms with Crippen LogP contribution in [0.15, 0.2) is 54.6 Å². The maximum Gasteiger partial charge on any atom is 0.416 e. The lowest BCUT2D eigenvalue weighted by Crippen LogP contribution is -2.17. The van der Waals surface area contributed by atoms with Gasteiger partial charge in [0.1, 0.15) is 5.82 Å². The minimum atomic E-state index is -4.45. The van der Waals surface area contributed by atoms with Crippen LogP contribution in [0.1, 0.15) is 31.2 Å². The summed E-state index contributed by atoms with van der Waals surface area (Å²) in [6.07, 6.45) is 0.0133. The molecule has 0 aliphatic heterocycles. The zero-order valence-corrected chi connectivity index (χ0v) is 16.8. The van der Waals surface area contributed by atoms with E-state index in [2.05, 4.69) is 20.6 Å². The lowest BCUT2D eigenvalue weighted by atomic mass is 10.1. The Morgan fingerprint density at radius 1 is 0.933 bits per heavy atom. The first-order valence-corrected chi connectivity index (χ1v) is 10.1. The highest BCUT2D eigenvalue weighted by Gasteiger charge is 2.31. The third-order valence-corrected chi connectivity index (χ3v) is 5.36. The van der Waals surface area contributed by atoms with E-state index in [0.717, 1.165) is 30.5 Å². The van der Waals surface area contributed by atoms with Crippen LogP contribution in [0.5, 0.6) is 0 Å². The topological polar surface area (TPSA) is 49.8 Å². The van der Waals surface area contributed by atoms with Crippen LogP contribution in [0.3, 0.4) is 0 Å². The summed E-state index contributed by atoms with van der Waals surface area (Å²) in [5.74, 6) is 0.930. The van der Waals surface area contributed by atoms with Crippen LogP contribution in [0.4, 0.5) is 30.6 Å². The molecule has 8 heteroatoms. The average Bonchev–Trinajstić information content (AvgIpc) is 3.22. The molecular formula is C22H20ClF3N4. The molecule has 0 radical (unpaired) electrons. The number of anilines is 3. The summed E-state index contributed by atoms with van der Waals surface area (Å²) >= 11 is 6.10. The van der Waals surface area contributed by atoms with Crippen molar-refractivity contribution in [2.45, 2.75) is 37.9 Å². The van der Waals surface area contributed by atoms with Gasteiger partial charge in [-0.05, 0) is 31.0 Å². The second kappa shape index (κ2) is 8.52. The Balaban J connectivity index is 1.66. The van der Waals surface area contributed by atoms with E-state index in [1.54, 1.807) is 6.07 Å². The first-order valence-electron chi connectivity index (χ1n) is 9.73. The van der Waals surface area contributed by atoms with Gasteiger partial charge in [-0.25, -0.2) is 4.98 Å². The second-order valence-corrected chi connectivity index (χ2v) is 7.68. The van der Waals surface area contributed by atoms with E-state index in [9.17, 15) is 13.2 Å². The van der Waals surface area contributed by atoms with E-state index in [-0.39, 0.29) is 5.02 Å². The number of aromatic nitrogens is 2. The molecule has 1 aromatic heterocycles. The zero-order valence-electron chi connectivity index (χ0n) is 16.0. The SMILES string of the molecule is FC(F)(F)c1ccc(Nc2cc(-c3ccccc3)nc(NC3CCCC3)n2)c(Cl)c1. The van der Waals surface area contributed by atoms with Crippen molar-refractivity contribution >= 4 is 29.1 Å². The molecule has 0 amide bonds. The summed E-state index contributed by atoms with van der Waals surface area (Å²) in [4.78, 5) is 9.15. The van der Waals surface area contributed by atoms with Crippen molar-refractivity contribution in [3.63, 3.8) is 0 Å². The number of benzene rings is 2. The van der Waals surface area contributed by atoms with Crippen molar-refractivity contribution in [3.05, 3.63) is 65.2 Å². The fourth-order valence-electron chi connectivity index (χ4n) is 3.52. The van der Waals surface area contributed by atoms with Gasteiger partial charge in [0.05, 0.1) is 22.0 Å². The molecule has 1 saturated carbocycles. The molecule has 0 bridgehead atoms. The molecule has 0 atom stereocenters. The van der Waals surface area contributed by atoms with Crippen LogP contribution in [-0.2, 0) is 6.18 Å². The Morgan fingerprint density at radius 2 is 1.67 bits per heavy atom. The van der Waals surface area contributed by atoms with Gasteiger partial charge in [0.2, 0.25) is 5.95 Å². The van der Waals surface area contributed by atoms with E-state index < -0.39 is 11.7 Å². The monoisotopic (exact) mass is 432 g/mol. The van der Waals surface area contributed by atoms with E-state index in [4.69, 9.17) is 11.6 Å². The molecule has 2 aromatic carbocycles. The van der Waals surface area contributed by atoms with Crippen LogP contribution in [-0.4, -0.2) is 16.0 Å². The van der Waals surface area contributed by atoms with Crippen molar-refractivity contribution in [1.29, 1.82) is 0 Å². The molecule has 156 valence electrons. The van der Waals surface area contributed by atoms with Crippen LogP contribution < -0.4 is 10.6 Å². The van der Waals surface area contributed by atoms with Gasteiger partial charge in [0, 0.05) is 17.7 Å². The normalized spacial score (nSPS) is 14.7. The highest BCUT2D eigenvalue weighted by Crippen LogP contribution is 2.35. The Morgan fingerprint density at radius 3 is 2.33 bits per heavy atom. The molecule has 0 saturated heterocycles. The molecule has 1 fully saturated rings. The van der Waals surface area contributed by atoms with Gasteiger partial charge in [-0.15, -0.1) is 0 Å². The first-order chi connectivity index (χ1) is 14.4. The summed E-state index contributed by atoms with van der Waals surface area (Å²) in [5, 5.41) is 6.38. The Kier molecular flexibility index (Phi) is 5.81. The molecule has 3 aromatic rings. The number of nitrogens with zero attached hydrogens (tertiary/aromatic N) is 2. The van der Waals surface area contributed by atoms with Crippen LogP contribution in [0, 0.1) is 0 Å². The molecule has 1 aliphatic carbocycles. The Hall–Kier alpha value is -2.80. The van der Waals surface area contributed by atoms with Gasteiger partial charge >= 0.3 is 6.18 Å². The van der Waals surface area contributed by atoms with Gasteiger partial charge < -0.3 is 10.6 Å². The number of nitrogens with one attached hydrogen (secondary N) is 2. The maximum atomic E-state index is 12.9. The molecule has 4 rings (SSSR count). The van der Waals surface area contributed by atoms with Crippen molar-refractivity contribution in [1.82, 2.24) is 9.97 Å². The fraction of sp³-hybridized carbons (Fsp3) is 0.273. The van der Waals surface area contributed by atoms with E-state index in [1.807, 2.05) is 30.3 Å². The van der Waals surface area contributed by atoms with E-state index in [0.29, 0.717) is 29.2 Å². The summed E-state index contributed by atoms with van der Waals surface area (Å²) in [6, 6.07) is 14.9. The number of hydrogen-bond donors (Lipinski definition) is 2.